The van der Waals surface area contributed by atoms with E-state index < -0.39 is 0 Å². The van der Waals surface area contributed by atoms with Gasteiger partial charge in [-0.3, -0.25) is 4.98 Å². The van der Waals surface area contributed by atoms with Crippen LogP contribution >= 0.6 is 34.0 Å². The number of aromatic nitrogens is 1. The average Bonchev–Trinajstić information content (AvgIpc) is 3.77. The van der Waals surface area contributed by atoms with Crippen molar-refractivity contribution in [2.75, 3.05) is 0 Å². The Morgan fingerprint density at radius 1 is 0.462 bits per heavy atom. The van der Waals surface area contributed by atoms with Crippen LogP contribution in [0.2, 0.25) is 0 Å². The lowest BCUT2D eigenvalue weighted by molar-refractivity contribution is 0.556. The fourth-order valence-electron chi connectivity index (χ4n) is 4.68. The van der Waals surface area contributed by atoms with E-state index in [2.05, 4.69) is 52.5 Å². The van der Waals surface area contributed by atoms with Crippen LogP contribution in [0.25, 0.3) is 0 Å². The van der Waals surface area contributed by atoms with Crippen LogP contribution in [0.1, 0.15) is 153 Å². The molecule has 3 heterocycles. The molecular formula is C35H59NS3. The van der Waals surface area contributed by atoms with Crippen molar-refractivity contribution in [3.05, 3.63) is 61.9 Å². The molecule has 39 heavy (non-hydrogen) atoms. The summed E-state index contributed by atoms with van der Waals surface area (Å²) in [5.74, 6) is 0. The number of aryl methyl sites for hydroxylation is 2. The minimum atomic E-state index is 1.29. The zero-order chi connectivity index (χ0) is 27.9. The van der Waals surface area contributed by atoms with Gasteiger partial charge in [-0.25, -0.2) is 0 Å². The van der Waals surface area contributed by atoms with Crippen molar-refractivity contribution < 1.29 is 0 Å². The minimum absolute atomic E-state index is 1.29. The van der Waals surface area contributed by atoms with E-state index >= 15 is 0 Å². The summed E-state index contributed by atoms with van der Waals surface area (Å²) in [5, 5.41) is 10.9. The molecule has 0 aromatic carbocycles. The highest BCUT2D eigenvalue weighted by atomic mass is 32.1. The molecule has 3 aromatic heterocycles. The van der Waals surface area contributed by atoms with Gasteiger partial charge in [-0.2, -0.15) is 22.7 Å². The van der Waals surface area contributed by atoms with E-state index in [1.807, 2.05) is 28.1 Å². The zero-order valence-corrected chi connectivity index (χ0v) is 27.9. The Balaban J connectivity index is 0.000000330. The van der Waals surface area contributed by atoms with Crippen LogP contribution in [0.4, 0.5) is 0 Å². The van der Waals surface area contributed by atoms with Crippen molar-refractivity contribution in [3.63, 3.8) is 0 Å². The van der Waals surface area contributed by atoms with Crippen LogP contribution in [-0.4, -0.2) is 4.98 Å². The predicted molar refractivity (Wildman–Crippen MR) is 182 cm³/mol. The average molecular weight is 590 g/mol. The molecule has 0 spiro atoms. The van der Waals surface area contributed by atoms with Crippen LogP contribution in [-0.2, 0) is 12.8 Å². The Morgan fingerprint density at radius 3 is 1.10 bits per heavy atom. The van der Waals surface area contributed by atoms with Gasteiger partial charge < -0.3 is 0 Å². The number of thiazole rings is 1. The van der Waals surface area contributed by atoms with Crippen LogP contribution in [0, 0.1) is 0 Å². The molecule has 0 saturated heterocycles. The third-order valence-corrected chi connectivity index (χ3v) is 9.13. The fourth-order valence-corrected chi connectivity index (χ4v) is 6.44. The lowest BCUT2D eigenvalue weighted by Gasteiger charge is -2.01. The third-order valence-electron chi connectivity index (χ3n) is 7.15. The van der Waals surface area contributed by atoms with Gasteiger partial charge >= 0.3 is 0 Å². The molecule has 0 saturated carbocycles. The number of nitrogens with zero attached hydrogens (tertiary/aromatic N) is 1. The molecule has 0 amide bonds. The first-order chi connectivity index (χ1) is 19.4. The maximum absolute atomic E-state index is 3.74. The highest BCUT2D eigenvalue weighted by Crippen LogP contribution is 2.15. The molecular weight excluding hydrogens is 531 g/mol. The highest BCUT2D eigenvalue weighted by molar-refractivity contribution is 7.08. The van der Waals surface area contributed by atoms with Crippen molar-refractivity contribution in [1.82, 2.24) is 4.98 Å². The smallest absolute Gasteiger partial charge is 0.0791 e. The monoisotopic (exact) mass is 589 g/mol. The second-order valence-electron chi connectivity index (χ2n) is 10.8. The quantitative estimate of drug-likeness (QED) is 0.106. The van der Waals surface area contributed by atoms with Crippen LogP contribution in [0.15, 0.2) is 50.7 Å². The Hall–Kier alpha value is -0.970. The van der Waals surface area contributed by atoms with E-state index in [4.69, 9.17) is 0 Å². The number of hydrogen-bond donors (Lipinski definition) is 0. The van der Waals surface area contributed by atoms with Crippen molar-refractivity contribution in [2.45, 2.75) is 155 Å². The normalized spacial score (nSPS) is 10.5. The first-order valence-electron chi connectivity index (χ1n) is 16.2. The minimum Gasteiger partial charge on any atom is -0.253 e. The molecule has 0 aliphatic rings. The van der Waals surface area contributed by atoms with E-state index in [9.17, 15) is 0 Å². The number of thiophene rings is 2. The van der Waals surface area contributed by atoms with Gasteiger partial charge in [0.2, 0.25) is 0 Å². The summed E-state index contributed by atoms with van der Waals surface area (Å²) in [5.41, 5.74) is 4.86. The Labute approximate surface area is 254 Å². The van der Waals surface area contributed by atoms with E-state index in [1.165, 1.54) is 152 Å². The van der Waals surface area contributed by atoms with E-state index in [-0.39, 0.29) is 0 Å². The fraction of sp³-hybridized carbons (Fsp3) is 0.686. The SMILES string of the molecule is CCCCCCCCCCCCc1ccsc1.CCCCCCCCCCCCc1ccsc1.c1cscn1. The maximum Gasteiger partial charge on any atom is 0.0791 e. The van der Waals surface area contributed by atoms with Gasteiger partial charge in [0.1, 0.15) is 0 Å². The molecule has 3 rings (SSSR count). The lowest BCUT2D eigenvalue weighted by Crippen LogP contribution is -1.84. The lowest BCUT2D eigenvalue weighted by atomic mass is 10.0. The third kappa shape index (κ3) is 25.7. The second-order valence-corrected chi connectivity index (χ2v) is 13.1. The predicted octanol–water partition coefficient (Wildman–Crippen LogP) is 13.6. The summed E-state index contributed by atoms with van der Waals surface area (Å²) in [6, 6.07) is 4.52. The summed E-state index contributed by atoms with van der Waals surface area (Å²) < 4.78 is 0. The summed E-state index contributed by atoms with van der Waals surface area (Å²) >= 11 is 5.24. The van der Waals surface area contributed by atoms with Gasteiger partial charge in [-0.05, 0) is 70.5 Å². The molecule has 0 bridgehead atoms. The zero-order valence-electron chi connectivity index (χ0n) is 25.4. The largest absolute Gasteiger partial charge is 0.253 e. The van der Waals surface area contributed by atoms with E-state index in [0.29, 0.717) is 0 Å². The van der Waals surface area contributed by atoms with Crippen molar-refractivity contribution >= 4 is 34.0 Å². The molecule has 0 aliphatic carbocycles. The first kappa shape index (κ1) is 36.1. The Morgan fingerprint density at radius 2 is 0.846 bits per heavy atom. The van der Waals surface area contributed by atoms with Crippen molar-refractivity contribution in [1.29, 1.82) is 0 Å². The summed E-state index contributed by atoms with van der Waals surface area (Å²) in [6.45, 7) is 4.57. The molecule has 4 heteroatoms. The van der Waals surface area contributed by atoms with Crippen molar-refractivity contribution in [3.8, 4) is 0 Å². The number of rotatable bonds is 22. The molecule has 0 atom stereocenters. The van der Waals surface area contributed by atoms with Crippen LogP contribution in [0.5, 0.6) is 0 Å². The molecule has 0 N–H and O–H groups in total. The van der Waals surface area contributed by atoms with Gasteiger partial charge in [-0.15, -0.1) is 11.3 Å². The van der Waals surface area contributed by atoms with Gasteiger partial charge in [0.15, 0.2) is 0 Å². The van der Waals surface area contributed by atoms with Gasteiger partial charge in [0.05, 0.1) is 5.51 Å². The van der Waals surface area contributed by atoms with E-state index in [0.717, 1.165) is 0 Å². The molecule has 0 aliphatic heterocycles. The van der Waals surface area contributed by atoms with Gasteiger partial charge in [-0.1, -0.05) is 129 Å². The van der Waals surface area contributed by atoms with E-state index in [1.54, 1.807) is 23.0 Å². The molecule has 3 aromatic rings. The number of unbranched alkanes of at least 4 members (excludes halogenated alkanes) is 18. The molecule has 1 nitrogen and oxygen atoms in total. The van der Waals surface area contributed by atoms with Crippen molar-refractivity contribution in [2.24, 2.45) is 0 Å². The Kier molecular flexibility index (Phi) is 27.7. The summed E-state index contributed by atoms with van der Waals surface area (Å²) in [7, 11) is 0. The molecule has 0 radical (unpaired) electrons. The number of hydrogen-bond acceptors (Lipinski definition) is 4. The first-order valence-corrected chi connectivity index (χ1v) is 19.0. The summed E-state index contributed by atoms with van der Waals surface area (Å²) in [6.07, 6.45) is 33.0. The van der Waals surface area contributed by atoms with Gasteiger partial charge in [0, 0.05) is 11.6 Å². The molecule has 0 unspecified atom stereocenters. The Bertz CT molecular complexity index is 694. The second kappa shape index (κ2) is 30.0. The molecule has 222 valence electrons. The van der Waals surface area contributed by atoms with Crippen LogP contribution < -0.4 is 0 Å². The standard InChI is InChI=1S/2C16H28S.C3H3NS/c2*1-2-3-4-5-6-7-8-9-10-11-12-16-13-14-17-15-16;1-2-5-3-4-1/h2*13-15H,2-12H2,1H3;1-3H. The maximum atomic E-state index is 3.74. The van der Waals surface area contributed by atoms with Gasteiger partial charge in [0.25, 0.3) is 0 Å². The topological polar surface area (TPSA) is 12.9 Å². The van der Waals surface area contributed by atoms with Crippen LogP contribution in [0.3, 0.4) is 0 Å². The highest BCUT2D eigenvalue weighted by Gasteiger charge is 1.96. The molecule has 0 fully saturated rings. The summed E-state index contributed by atoms with van der Waals surface area (Å²) in [4.78, 5) is 3.74.